The summed E-state index contributed by atoms with van der Waals surface area (Å²) in [6.07, 6.45) is 0. The average molecular weight is 291 g/mol. The first-order chi connectivity index (χ1) is 8.16. The standard InChI is InChI=1S/C12H21NO3S2/c1-9(12(2,3)4)6-13-18(15,16)11-5-10(7-14)8-17-11/h5,8-9,13-14H,6-7H2,1-4H3. The zero-order valence-corrected chi connectivity index (χ0v) is 12.9. The monoisotopic (exact) mass is 291 g/mol. The molecule has 0 radical (unpaired) electrons. The predicted molar refractivity (Wildman–Crippen MR) is 74.0 cm³/mol. The zero-order chi connectivity index (χ0) is 14.0. The van der Waals surface area contributed by atoms with Gasteiger partial charge in [0.2, 0.25) is 10.0 Å². The van der Waals surface area contributed by atoms with Gasteiger partial charge in [0, 0.05) is 6.54 Å². The Morgan fingerprint density at radius 3 is 2.50 bits per heavy atom. The Kier molecular flexibility index (Phi) is 4.94. The smallest absolute Gasteiger partial charge is 0.250 e. The third kappa shape index (κ3) is 4.05. The number of sulfonamides is 1. The van der Waals surface area contributed by atoms with Gasteiger partial charge in [0.25, 0.3) is 0 Å². The second-order valence-corrected chi connectivity index (χ2v) is 8.46. The molecule has 1 heterocycles. The maximum absolute atomic E-state index is 12.0. The van der Waals surface area contributed by atoms with Crippen LogP contribution in [0.4, 0.5) is 0 Å². The summed E-state index contributed by atoms with van der Waals surface area (Å²) in [4.78, 5) is 0. The SMILES string of the molecule is CC(CNS(=O)(=O)c1cc(CO)cs1)C(C)(C)C. The van der Waals surface area contributed by atoms with Gasteiger partial charge in [-0.1, -0.05) is 27.7 Å². The molecule has 0 fully saturated rings. The molecule has 0 aliphatic rings. The van der Waals surface area contributed by atoms with Gasteiger partial charge in [-0.3, -0.25) is 0 Å². The Balaban J connectivity index is 2.71. The Morgan fingerprint density at radius 1 is 1.44 bits per heavy atom. The number of hydrogen-bond acceptors (Lipinski definition) is 4. The van der Waals surface area contributed by atoms with E-state index < -0.39 is 10.0 Å². The highest BCUT2D eigenvalue weighted by Gasteiger charge is 2.23. The van der Waals surface area contributed by atoms with E-state index in [1.165, 1.54) is 6.07 Å². The van der Waals surface area contributed by atoms with Crippen LogP contribution in [0.1, 0.15) is 33.3 Å². The molecule has 0 saturated carbocycles. The van der Waals surface area contributed by atoms with Crippen molar-refractivity contribution in [3.05, 3.63) is 17.0 Å². The second-order valence-electron chi connectivity index (χ2n) is 5.55. The van der Waals surface area contributed by atoms with Gasteiger partial charge in [0.05, 0.1) is 6.61 Å². The second kappa shape index (κ2) is 5.69. The fourth-order valence-electron chi connectivity index (χ4n) is 1.19. The van der Waals surface area contributed by atoms with E-state index in [0.29, 0.717) is 12.1 Å². The summed E-state index contributed by atoms with van der Waals surface area (Å²) in [6, 6.07) is 1.51. The molecule has 6 heteroatoms. The molecule has 0 bridgehead atoms. The normalized spacial score (nSPS) is 14.7. The maximum atomic E-state index is 12.0. The fraction of sp³-hybridized carbons (Fsp3) is 0.667. The van der Waals surface area contributed by atoms with Crippen LogP contribution in [0.5, 0.6) is 0 Å². The van der Waals surface area contributed by atoms with Gasteiger partial charge < -0.3 is 5.11 Å². The van der Waals surface area contributed by atoms with Gasteiger partial charge in [-0.05, 0) is 28.3 Å². The highest BCUT2D eigenvalue weighted by atomic mass is 32.2. The summed E-state index contributed by atoms with van der Waals surface area (Å²) in [5.41, 5.74) is 0.693. The molecule has 1 atom stereocenters. The summed E-state index contributed by atoms with van der Waals surface area (Å²) in [6.45, 7) is 8.56. The lowest BCUT2D eigenvalue weighted by Gasteiger charge is -2.27. The highest BCUT2D eigenvalue weighted by molar-refractivity contribution is 7.91. The zero-order valence-electron chi connectivity index (χ0n) is 11.2. The van der Waals surface area contributed by atoms with Crippen LogP contribution in [-0.2, 0) is 16.6 Å². The van der Waals surface area contributed by atoms with Crippen molar-refractivity contribution in [1.82, 2.24) is 4.72 Å². The van der Waals surface area contributed by atoms with Gasteiger partial charge in [-0.25, -0.2) is 13.1 Å². The lowest BCUT2D eigenvalue weighted by Crippen LogP contribution is -2.33. The van der Waals surface area contributed by atoms with Crippen molar-refractivity contribution in [2.75, 3.05) is 6.54 Å². The third-order valence-electron chi connectivity index (χ3n) is 3.14. The first-order valence-corrected chi connectivity index (χ1v) is 8.21. The lowest BCUT2D eigenvalue weighted by molar-refractivity contribution is 0.263. The van der Waals surface area contributed by atoms with E-state index in [-0.39, 0.29) is 22.1 Å². The molecule has 4 nitrogen and oxygen atoms in total. The highest BCUT2D eigenvalue weighted by Crippen LogP contribution is 2.25. The van der Waals surface area contributed by atoms with Crippen molar-refractivity contribution >= 4 is 21.4 Å². The molecule has 18 heavy (non-hydrogen) atoms. The summed E-state index contributed by atoms with van der Waals surface area (Å²) in [7, 11) is -3.45. The molecule has 0 aliphatic heterocycles. The number of rotatable bonds is 5. The summed E-state index contributed by atoms with van der Waals surface area (Å²) >= 11 is 1.13. The molecule has 1 aromatic rings. The Morgan fingerprint density at radius 2 is 2.06 bits per heavy atom. The van der Waals surface area contributed by atoms with Crippen molar-refractivity contribution in [3.63, 3.8) is 0 Å². The minimum Gasteiger partial charge on any atom is -0.392 e. The number of thiophene rings is 1. The van der Waals surface area contributed by atoms with Crippen molar-refractivity contribution in [3.8, 4) is 0 Å². The predicted octanol–water partition coefficient (Wildman–Crippen LogP) is 2.20. The minimum atomic E-state index is -3.45. The molecule has 0 saturated heterocycles. The lowest BCUT2D eigenvalue weighted by atomic mass is 9.82. The van der Waals surface area contributed by atoms with E-state index in [1.807, 2.05) is 6.92 Å². The van der Waals surface area contributed by atoms with E-state index in [9.17, 15) is 8.42 Å². The van der Waals surface area contributed by atoms with Crippen molar-refractivity contribution in [2.45, 2.75) is 38.5 Å². The molecule has 0 amide bonds. The van der Waals surface area contributed by atoms with Crippen LogP contribution in [0, 0.1) is 11.3 Å². The molecule has 0 aliphatic carbocycles. The first kappa shape index (κ1) is 15.6. The number of nitrogens with one attached hydrogen (secondary N) is 1. The van der Waals surface area contributed by atoms with Crippen LogP contribution in [0.15, 0.2) is 15.7 Å². The Hall–Kier alpha value is -0.430. The van der Waals surface area contributed by atoms with Gasteiger partial charge in [-0.2, -0.15) is 0 Å². The molecule has 2 N–H and O–H groups in total. The third-order valence-corrected chi connectivity index (χ3v) is 6.05. The quantitative estimate of drug-likeness (QED) is 0.874. The molecule has 1 aromatic heterocycles. The van der Waals surface area contributed by atoms with Crippen LogP contribution in [0.2, 0.25) is 0 Å². The molecular formula is C12H21NO3S2. The summed E-state index contributed by atoms with van der Waals surface area (Å²) in [5.74, 6) is 0.240. The number of hydrogen-bond donors (Lipinski definition) is 2. The fourth-order valence-corrected chi connectivity index (χ4v) is 3.56. The van der Waals surface area contributed by atoms with Crippen molar-refractivity contribution in [2.24, 2.45) is 11.3 Å². The van der Waals surface area contributed by atoms with Crippen molar-refractivity contribution < 1.29 is 13.5 Å². The van der Waals surface area contributed by atoms with Gasteiger partial charge in [0.15, 0.2) is 0 Å². The van der Waals surface area contributed by atoms with Crippen LogP contribution in [0.25, 0.3) is 0 Å². The molecular weight excluding hydrogens is 270 g/mol. The van der Waals surface area contributed by atoms with Gasteiger partial charge in [-0.15, -0.1) is 11.3 Å². The molecule has 104 valence electrons. The topological polar surface area (TPSA) is 66.4 Å². The number of aliphatic hydroxyl groups is 1. The largest absolute Gasteiger partial charge is 0.392 e. The van der Waals surface area contributed by atoms with E-state index in [1.54, 1.807) is 5.38 Å². The molecule has 1 unspecified atom stereocenters. The minimum absolute atomic E-state index is 0.0637. The summed E-state index contributed by atoms with van der Waals surface area (Å²) < 4.78 is 26.9. The summed E-state index contributed by atoms with van der Waals surface area (Å²) in [5, 5.41) is 10.6. The van der Waals surface area contributed by atoms with Crippen LogP contribution >= 0.6 is 11.3 Å². The Bertz CT molecular complexity index is 486. The average Bonchev–Trinajstić information content (AvgIpc) is 2.73. The first-order valence-electron chi connectivity index (χ1n) is 5.85. The van der Waals surface area contributed by atoms with E-state index in [4.69, 9.17) is 5.11 Å². The Labute approximate surface area is 113 Å². The van der Waals surface area contributed by atoms with E-state index in [0.717, 1.165) is 11.3 Å². The van der Waals surface area contributed by atoms with Gasteiger partial charge >= 0.3 is 0 Å². The molecule has 0 aromatic carbocycles. The van der Waals surface area contributed by atoms with Crippen LogP contribution in [-0.4, -0.2) is 20.1 Å². The molecule has 0 spiro atoms. The van der Waals surface area contributed by atoms with Crippen LogP contribution < -0.4 is 4.72 Å². The number of aliphatic hydroxyl groups excluding tert-OH is 1. The van der Waals surface area contributed by atoms with Gasteiger partial charge in [0.1, 0.15) is 4.21 Å². The molecule has 1 rings (SSSR count). The van der Waals surface area contributed by atoms with Crippen molar-refractivity contribution in [1.29, 1.82) is 0 Å². The van der Waals surface area contributed by atoms with E-state index >= 15 is 0 Å². The van der Waals surface area contributed by atoms with E-state index in [2.05, 4.69) is 25.5 Å². The maximum Gasteiger partial charge on any atom is 0.250 e. The van der Waals surface area contributed by atoms with Crippen LogP contribution in [0.3, 0.4) is 0 Å².